The molecule has 0 radical (unpaired) electrons. The lowest BCUT2D eigenvalue weighted by Crippen LogP contribution is -2.03. The van der Waals surface area contributed by atoms with Gasteiger partial charge < -0.3 is 5.11 Å². The summed E-state index contributed by atoms with van der Waals surface area (Å²) in [5, 5.41) is 8.17. The summed E-state index contributed by atoms with van der Waals surface area (Å²) in [6.45, 7) is 3.28. The number of aliphatic carboxylic acids is 1. The number of rotatable bonds is 1. The number of hydrogen-bond acceptors (Lipinski definition) is 3. The van der Waals surface area contributed by atoms with Crippen LogP contribution in [0.5, 0.6) is 0 Å². The van der Waals surface area contributed by atoms with Crippen molar-refractivity contribution >= 4 is 22.8 Å². The van der Waals surface area contributed by atoms with Crippen LogP contribution < -0.4 is 0 Å². The van der Waals surface area contributed by atoms with Crippen LogP contribution in [0.3, 0.4) is 0 Å². The third-order valence-corrected chi connectivity index (χ3v) is 2.68. The number of fused-ring (bicyclic) bond motifs is 2. The quantitative estimate of drug-likeness (QED) is 0.796. The maximum absolute atomic E-state index is 10.9. The van der Waals surface area contributed by atoms with Gasteiger partial charge in [-0.15, -0.1) is 0 Å². The SMILES string of the molecule is CC(C)C(=O)O.O=C1Sc2cccc1c2. The number of carbonyl (C=O) groups is 2. The zero-order chi connectivity index (χ0) is 11.4. The first-order valence-corrected chi connectivity index (χ1v) is 5.37. The second-order valence-electron chi connectivity index (χ2n) is 3.41. The highest BCUT2D eigenvalue weighted by Gasteiger charge is 2.14. The lowest BCUT2D eigenvalue weighted by Gasteiger charge is -1.89. The molecule has 0 spiro atoms. The van der Waals surface area contributed by atoms with Crippen LogP contribution in [0.4, 0.5) is 0 Å². The molecular formula is C11H12O3S. The molecule has 3 nitrogen and oxygen atoms in total. The Kier molecular flexibility index (Phi) is 3.91. The summed E-state index contributed by atoms with van der Waals surface area (Å²) in [5.41, 5.74) is 0.831. The molecule has 15 heavy (non-hydrogen) atoms. The van der Waals surface area contributed by atoms with Gasteiger partial charge in [0.1, 0.15) is 0 Å². The van der Waals surface area contributed by atoms with Gasteiger partial charge in [-0.25, -0.2) is 0 Å². The standard InChI is InChI=1S/C7H4OS.C4H8O2/c8-7-5-2-1-3-6(4-5)9-7;1-3(2)4(5)6/h1-4H;3H,1-2H3,(H,5,6). The van der Waals surface area contributed by atoms with Gasteiger partial charge in [-0.3, -0.25) is 9.59 Å². The summed E-state index contributed by atoms with van der Waals surface area (Å²) in [7, 11) is 0. The summed E-state index contributed by atoms with van der Waals surface area (Å²) in [4.78, 5) is 21.6. The van der Waals surface area contributed by atoms with E-state index in [-0.39, 0.29) is 11.0 Å². The molecule has 1 heterocycles. The van der Waals surface area contributed by atoms with Crippen molar-refractivity contribution in [1.29, 1.82) is 0 Å². The number of hydrogen-bond donors (Lipinski definition) is 1. The smallest absolute Gasteiger partial charge is 0.305 e. The van der Waals surface area contributed by atoms with E-state index in [0.717, 1.165) is 10.5 Å². The van der Waals surface area contributed by atoms with Crippen molar-refractivity contribution in [3.8, 4) is 0 Å². The number of benzene rings is 1. The van der Waals surface area contributed by atoms with E-state index in [1.165, 1.54) is 11.8 Å². The van der Waals surface area contributed by atoms with Gasteiger partial charge in [-0.05, 0) is 23.9 Å². The Morgan fingerprint density at radius 2 is 2.00 bits per heavy atom. The molecule has 80 valence electrons. The molecular weight excluding hydrogens is 212 g/mol. The van der Waals surface area contributed by atoms with Gasteiger partial charge in [-0.2, -0.15) is 0 Å². The minimum Gasteiger partial charge on any atom is -0.481 e. The number of carboxylic acid groups (broad SMARTS) is 1. The molecule has 0 saturated carbocycles. The highest BCUT2D eigenvalue weighted by atomic mass is 32.2. The minimum absolute atomic E-state index is 0.176. The number of thioether (sulfide) groups is 1. The summed E-state index contributed by atoms with van der Waals surface area (Å²) in [6, 6.07) is 7.60. The summed E-state index contributed by atoms with van der Waals surface area (Å²) < 4.78 is 0. The van der Waals surface area contributed by atoms with Crippen molar-refractivity contribution in [2.75, 3.05) is 0 Å². The van der Waals surface area contributed by atoms with Crippen LogP contribution >= 0.6 is 11.8 Å². The van der Waals surface area contributed by atoms with E-state index in [9.17, 15) is 9.59 Å². The van der Waals surface area contributed by atoms with E-state index in [0.29, 0.717) is 0 Å². The molecule has 0 fully saturated rings. The van der Waals surface area contributed by atoms with Crippen molar-refractivity contribution in [3.05, 3.63) is 29.8 Å². The van der Waals surface area contributed by atoms with Crippen LogP contribution in [0.1, 0.15) is 24.2 Å². The Morgan fingerprint density at radius 3 is 2.40 bits per heavy atom. The zero-order valence-electron chi connectivity index (χ0n) is 8.56. The molecule has 2 rings (SSSR count). The van der Waals surface area contributed by atoms with Crippen molar-refractivity contribution in [1.82, 2.24) is 0 Å². The minimum atomic E-state index is -0.741. The first-order chi connectivity index (χ1) is 7.00. The molecule has 1 aromatic rings. The van der Waals surface area contributed by atoms with Gasteiger partial charge in [0.2, 0.25) is 5.12 Å². The average molecular weight is 224 g/mol. The lowest BCUT2D eigenvalue weighted by molar-refractivity contribution is -0.140. The first-order valence-electron chi connectivity index (χ1n) is 4.55. The predicted molar refractivity (Wildman–Crippen MR) is 59.1 cm³/mol. The Bertz CT molecular complexity index is 385. The Labute approximate surface area is 92.5 Å². The van der Waals surface area contributed by atoms with E-state index in [1.54, 1.807) is 13.8 Å². The van der Waals surface area contributed by atoms with Crippen molar-refractivity contribution in [2.45, 2.75) is 18.7 Å². The molecule has 1 aliphatic rings. The van der Waals surface area contributed by atoms with E-state index < -0.39 is 5.97 Å². The van der Waals surface area contributed by atoms with Gasteiger partial charge in [0.25, 0.3) is 0 Å². The summed E-state index contributed by atoms with van der Waals surface area (Å²) in [5.74, 6) is -0.972. The fraction of sp³-hybridized carbons (Fsp3) is 0.273. The van der Waals surface area contributed by atoms with E-state index in [1.807, 2.05) is 24.3 Å². The normalized spacial score (nSPS) is 12.3. The second kappa shape index (κ2) is 4.98. The summed E-state index contributed by atoms with van der Waals surface area (Å²) >= 11 is 1.30. The van der Waals surface area contributed by atoms with Crippen LogP contribution in [0.15, 0.2) is 29.2 Å². The number of carbonyl (C=O) groups excluding carboxylic acids is 1. The summed E-state index contributed by atoms with van der Waals surface area (Å²) in [6.07, 6.45) is 0. The Balaban J connectivity index is 0.000000167. The third kappa shape index (κ3) is 3.40. The molecule has 0 atom stereocenters. The molecule has 0 unspecified atom stereocenters. The molecule has 0 amide bonds. The Morgan fingerprint density at radius 1 is 1.40 bits per heavy atom. The third-order valence-electron chi connectivity index (χ3n) is 1.77. The highest BCUT2D eigenvalue weighted by molar-refractivity contribution is 8.14. The first kappa shape index (κ1) is 11.8. The van der Waals surface area contributed by atoms with Gasteiger partial charge in [0, 0.05) is 10.5 Å². The molecule has 0 saturated heterocycles. The van der Waals surface area contributed by atoms with E-state index >= 15 is 0 Å². The topological polar surface area (TPSA) is 54.4 Å². The van der Waals surface area contributed by atoms with Gasteiger partial charge in [0.05, 0.1) is 5.92 Å². The van der Waals surface area contributed by atoms with Crippen molar-refractivity contribution in [3.63, 3.8) is 0 Å². The van der Waals surface area contributed by atoms with E-state index in [4.69, 9.17) is 5.11 Å². The molecule has 0 aliphatic carbocycles. The molecule has 2 bridgehead atoms. The maximum Gasteiger partial charge on any atom is 0.305 e. The van der Waals surface area contributed by atoms with Crippen molar-refractivity contribution < 1.29 is 14.7 Å². The molecule has 1 aliphatic heterocycles. The van der Waals surface area contributed by atoms with Gasteiger partial charge in [-0.1, -0.05) is 26.0 Å². The second-order valence-corrected chi connectivity index (χ2v) is 4.46. The lowest BCUT2D eigenvalue weighted by atomic mass is 10.2. The largest absolute Gasteiger partial charge is 0.481 e. The zero-order valence-corrected chi connectivity index (χ0v) is 9.38. The van der Waals surface area contributed by atoms with Gasteiger partial charge >= 0.3 is 5.97 Å². The fourth-order valence-corrected chi connectivity index (χ4v) is 1.64. The number of carboxylic acids is 1. The van der Waals surface area contributed by atoms with Crippen LogP contribution in [0.2, 0.25) is 0 Å². The van der Waals surface area contributed by atoms with Crippen LogP contribution in [0, 0.1) is 5.92 Å². The molecule has 1 N–H and O–H groups in total. The molecule has 4 heteroatoms. The fourth-order valence-electron chi connectivity index (χ4n) is 0.853. The Hall–Kier alpha value is -1.29. The average Bonchev–Trinajstić information content (AvgIpc) is 2.42. The molecule has 1 aromatic carbocycles. The van der Waals surface area contributed by atoms with Crippen LogP contribution in [-0.2, 0) is 4.79 Å². The van der Waals surface area contributed by atoms with Crippen LogP contribution in [-0.4, -0.2) is 16.2 Å². The maximum atomic E-state index is 10.9. The highest BCUT2D eigenvalue weighted by Crippen LogP contribution is 2.30. The van der Waals surface area contributed by atoms with Crippen molar-refractivity contribution in [2.24, 2.45) is 5.92 Å². The van der Waals surface area contributed by atoms with Gasteiger partial charge in [0.15, 0.2) is 0 Å². The molecule has 0 aromatic heterocycles. The van der Waals surface area contributed by atoms with E-state index in [2.05, 4.69) is 0 Å². The van der Waals surface area contributed by atoms with Crippen LogP contribution in [0.25, 0.3) is 0 Å². The monoisotopic (exact) mass is 224 g/mol. The predicted octanol–water partition coefficient (Wildman–Crippen LogP) is 2.66.